The van der Waals surface area contributed by atoms with Gasteiger partial charge in [-0.3, -0.25) is 0 Å². The van der Waals surface area contributed by atoms with Crippen molar-refractivity contribution in [2.45, 2.75) is 0 Å². The minimum atomic E-state index is 0.182. The van der Waals surface area contributed by atoms with Crippen LogP contribution in [-0.2, 0) is 0 Å². The van der Waals surface area contributed by atoms with Crippen molar-refractivity contribution in [3.8, 4) is 23.4 Å². The van der Waals surface area contributed by atoms with Gasteiger partial charge in [0.25, 0.3) is 0 Å². The fourth-order valence-electron chi connectivity index (χ4n) is 1.48. The minimum absolute atomic E-state index is 0.182. The third-order valence-electron chi connectivity index (χ3n) is 2.49. The molecule has 2 N–H and O–H groups in total. The average molecular weight is 399 g/mol. The lowest BCUT2D eigenvalue weighted by molar-refractivity contribution is 0.408. The van der Waals surface area contributed by atoms with Gasteiger partial charge in [0.1, 0.15) is 23.3 Å². The van der Waals surface area contributed by atoms with Crippen LogP contribution in [0.5, 0.6) is 17.4 Å². The summed E-state index contributed by atoms with van der Waals surface area (Å²) in [6, 6.07) is 6.99. The van der Waals surface area contributed by atoms with Gasteiger partial charge in [0.15, 0.2) is 0 Å². The number of ether oxygens (including phenoxy) is 2. The molecule has 0 aliphatic carbocycles. The second-order valence-electron chi connectivity index (χ2n) is 3.71. The summed E-state index contributed by atoms with van der Waals surface area (Å²) in [5.74, 6) is 1.35. The Labute approximate surface area is 132 Å². The number of methoxy groups -OCH3 is 1. The lowest BCUT2D eigenvalue weighted by Gasteiger charge is -2.11. The van der Waals surface area contributed by atoms with E-state index in [4.69, 9.17) is 20.5 Å². The first-order chi connectivity index (χ1) is 9.56. The van der Waals surface area contributed by atoms with Gasteiger partial charge < -0.3 is 15.2 Å². The number of nitrogens with zero attached hydrogens (tertiary/aromatic N) is 2. The molecule has 5 nitrogen and oxygen atoms in total. The summed E-state index contributed by atoms with van der Waals surface area (Å²) in [6.45, 7) is 0. The van der Waals surface area contributed by atoms with E-state index in [1.165, 1.54) is 12.3 Å². The summed E-state index contributed by atoms with van der Waals surface area (Å²) in [7, 11) is 1.57. The highest BCUT2D eigenvalue weighted by Crippen LogP contribution is 2.39. The van der Waals surface area contributed by atoms with E-state index in [1.807, 2.05) is 6.07 Å². The summed E-state index contributed by atoms with van der Waals surface area (Å²) in [4.78, 5) is 4.03. The third kappa shape index (κ3) is 2.86. The zero-order chi connectivity index (χ0) is 14.7. The molecule has 0 saturated heterocycles. The largest absolute Gasteiger partial charge is 0.496 e. The van der Waals surface area contributed by atoms with Crippen LogP contribution >= 0.6 is 31.9 Å². The summed E-state index contributed by atoms with van der Waals surface area (Å²) >= 11 is 6.75. The van der Waals surface area contributed by atoms with Crippen LogP contribution in [-0.4, -0.2) is 12.1 Å². The molecular formula is C13H9Br2N3O2. The standard InChI is InChI=1S/C13H9Br2N3O2/c1-19-10-4-9(15)11(5-8(10)14)20-13-12(17)7(6-16)2-3-18-13/h2-5H,17H2,1H3. The number of hydrogen-bond acceptors (Lipinski definition) is 5. The summed E-state index contributed by atoms with van der Waals surface area (Å²) in [6.07, 6.45) is 1.47. The number of nitrogen functional groups attached to an aromatic ring is 1. The van der Waals surface area contributed by atoms with Gasteiger partial charge in [-0.2, -0.15) is 5.26 Å². The van der Waals surface area contributed by atoms with Gasteiger partial charge in [-0.15, -0.1) is 0 Å². The van der Waals surface area contributed by atoms with E-state index in [2.05, 4.69) is 36.8 Å². The highest BCUT2D eigenvalue weighted by molar-refractivity contribution is 9.11. The number of pyridine rings is 1. The number of nitrogens with two attached hydrogens (primary N) is 1. The molecular weight excluding hydrogens is 390 g/mol. The Kier molecular flexibility index (Phi) is 4.47. The summed E-state index contributed by atoms with van der Waals surface area (Å²) in [5.41, 5.74) is 6.35. The molecule has 0 atom stereocenters. The third-order valence-corrected chi connectivity index (χ3v) is 3.73. The fraction of sp³-hybridized carbons (Fsp3) is 0.0769. The van der Waals surface area contributed by atoms with E-state index in [-0.39, 0.29) is 11.6 Å². The monoisotopic (exact) mass is 397 g/mol. The zero-order valence-corrected chi connectivity index (χ0v) is 13.5. The maximum Gasteiger partial charge on any atom is 0.244 e. The number of rotatable bonds is 3. The van der Waals surface area contributed by atoms with Crippen molar-refractivity contribution in [1.82, 2.24) is 4.98 Å². The molecule has 0 radical (unpaired) electrons. The Morgan fingerprint density at radius 1 is 1.25 bits per heavy atom. The normalized spacial score (nSPS) is 9.90. The number of nitriles is 1. The molecule has 0 amide bonds. The number of aromatic nitrogens is 1. The molecule has 20 heavy (non-hydrogen) atoms. The van der Waals surface area contributed by atoms with Gasteiger partial charge in [-0.1, -0.05) is 0 Å². The molecule has 2 aromatic rings. The topological polar surface area (TPSA) is 81.2 Å². The van der Waals surface area contributed by atoms with Gasteiger partial charge in [-0.05, 0) is 50.1 Å². The predicted octanol–water partition coefficient (Wildman–Crippen LogP) is 3.86. The van der Waals surface area contributed by atoms with Crippen molar-refractivity contribution in [3.63, 3.8) is 0 Å². The number of hydrogen-bond donors (Lipinski definition) is 1. The molecule has 0 aliphatic rings. The van der Waals surface area contributed by atoms with Crippen molar-refractivity contribution in [2.24, 2.45) is 0 Å². The van der Waals surface area contributed by atoms with Crippen molar-refractivity contribution < 1.29 is 9.47 Å². The second-order valence-corrected chi connectivity index (χ2v) is 5.42. The number of anilines is 1. The van der Waals surface area contributed by atoms with Crippen molar-refractivity contribution in [3.05, 3.63) is 38.9 Å². The van der Waals surface area contributed by atoms with Crippen LogP contribution in [0.15, 0.2) is 33.3 Å². The van der Waals surface area contributed by atoms with Crippen LogP contribution in [0.4, 0.5) is 5.69 Å². The lowest BCUT2D eigenvalue weighted by atomic mass is 10.2. The molecule has 0 spiro atoms. The van der Waals surface area contributed by atoms with Crippen molar-refractivity contribution in [1.29, 1.82) is 5.26 Å². The van der Waals surface area contributed by atoms with Gasteiger partial charge >= 0.3 is 0 Å². The molecule has 1 aromatic heterocycles. The van der Waals surface area contributed by atoms with Gasteiger partial charge in [0.2, 0.25) is 5.88 Å². The van der Waals surface area contributed by atoms with Crippen LogP contribution in [0.3, 0.4) is 0 Å². The smallest absolute Gasteiger partial charge is 0.244 e. The Morgan fingerprint density at radius 2 is 1.90 bits per heavy atom. The Balaban J connectivity index is 2.41. The Bertz CT molecular complexity index is 699. The van der Waals surface area contributed by atoms with Crippen LogP contribution < -0.4 is 15.2 Å². The van der Waals surface area contributed by atoms with E-state index in [0.717, 1.165) is 4.47 Å². The van der Waals surface area contributed by atoms with E-state index in [0.29, 0.717) is 21.5 Å². The highest BCUT2D eigenvalue weighted by Gasteiger charge is 2.13. The van der Waals surface area contributed by atoms with E-state index < -0.39 is 0 Å². The maximum absolute atomic E-state index is 8.93. The maximum atomic E-state index is 8.93. The molecule has 0 fully saturated rings. The molecule has 0 bridgehead atoms. The summed E-state index contributed by atoms with van der Waals surface area (Å²) < 4.78 is 12.2. The second kappa shape index (κ2) is 6.11. The zero-order valence-electron chi connectivity index (χ0n) is 10.4. The van der Waals surface area contributed by atoms with Crippen LogP contribution in [0.25, 0.3) is 0 Å². The molecule has 0 aliphatic heterocycles. The predicted molar refractivity (Wildman–Crippen MR) is 81.8 cm³/mol. The first kappa shape index (κ1) is 14.6. The SMILES string of the molecule is COc1cc(Br)c(Oc2nccc(C#N)c2N)cc1Br. The van der Waals surface area contributed by atoms with E-state index >= 15 is 0 Å². The van der Waals surface area contributed by atoms with Crippen LogP contribution in [0.2, 0.25) is 0 Å². The first-order valence-electron chi connectivity index (χ1n) is 5.42. The van der Waals surface area contributed by atoms with E-state index in [1.54, 1.807) is 19.2 Å². The minimum Gasteiger partial charge on any atom is -0.496 e. The molecule has 102 valence electrons. The Hall–Kier alpha value is -1.78. The molecule has 2 rings (SSSR count). The van der Waals surface area contributed by atoms with Gasteiger partial charge in [0.05, 0.1) is 21.6 Å². The van der Waals surface area contributed by atoms with E-state index in [9.17, 15) is 0 Å². The number of benzene rings is 1. The van der Waals surface area contributed by atoms with Crippen molar-refractivity contribution in [2.75, 3.05) is 12.8 Å². The average Bonchev–Trinajstić information content (AvgIpc) is 2.44. The highest BCUT2D eigenvalue weighted by atomic mass is 79.9. The molecule has 1 heterocycles. The van der Waals surface area contributed by atoms with Crippen LogP contribution in [0, 0.1) is 11.3 Å². The molecule has 7 heteroatoms. The molecule has 1 aromatic carbocycles. The number of halogens is 2. The van der Waals surface area contributed by atoms with Crippen molar-refractivity contribution >= 4 is 37.5 Å². The van der Waals surface area contributed by atoms with Gasteiger partial charge in [-0.25, -0.2) is 4.98 Å². The molecule has 0 unspecified atom stereocenters. The lowest BCUT2D eigenvalue weighted by Crippen LogP contribution is -1.98. The van der Waals surface area contributed by atoms with Crippen LogP contribution in [0.1, 0.15) is 5.56 Å². The summed E-state index contributed by atoms with van der Waals surface area (Å²) in [5, 5.41) is 8.93. The fourth-order valence-corrected chi connectivity index (χ4v) is 2.37. The quantitative estimate of drug-likeness (QED) is 0.848. The first-order valence-corrected chi connectivity index (χ1v) is 7.01. The Morgan fingerprint density at radius 3 is 2.55 bits per heavy atom. The van der Waals surface area contributed by atoms with Gasteiger partial charge in [0, 0.05) is 6.20 Å². The molecule has 0 saturated carbocycles.